The van der Waals surface area contributed by atoms with E-state index in [0.29, 0.717) is 22.6 Å². The number of carbonyl (C=O) groups excluding carboxylic acids is 2. The van der Waals surface area contributed by atoms with E-state index >= 15 is 0 Å². The summed E-state index contributed by atoms with van der Waals surface area (Å²) in [6.07, 6.45) is 2.95. The lowest BCUT2D eigenvalue weighted by Crippen LogP contribution is -2.43. The number of hydrogen-bond acceptors (Lipinski definition) is 5. The maximum atomic E-state index is 14.1. The normalized spacial score (nSPS) is 21.7. The van der Waals surface area contributed by atoms with Gasteiger partial charge in [0.25, 0.3) is 5.91 Å². The fourth-order valence-electron chi connectivity index (χ4n) is 3.14. The highest BCUT2D eigenvalue weighted by atomic mass is 19.1. The first-order chi connectivity index (χ1) is 12.8. The Morgan fingerprint density at radius 3 is 2.93 bits per heavy atom. The van der Waals surface area contributed by atoms with E-state index < -0.39 is 23.5 Å². The van der Waals surface area contributed by atoms with E-state index in [-0.39, 0.29) is 19.5 Å². The monoisotopic (exact) mass is 370 g/mol. The predicted molar refractivity (Wildman–Crippen MR) is 94.3 cm³/mol. The van der Waals surface area contributed by atoms with E-state index in [4.69, 9.17) is 9.68 Å². The van der Waals surface area contributed by atoms with Gasteiger partial charge in [0.05, 0.1) is 24.7 Å². The van der Waals surface area contributed by atoms with Gasteiger partial charge in [-0.15, -0.1) is 0 Å². The Labute approximate surface area is 155 Å². The number of nitrogens with one attached hydrogen (secondary N) is 1. The minimum absolute atomic E-state index is 0.0322. The number of aromatic nitrogens is 1. The van der Waals surface area contributed by atoms with Crippen LogP contribution in [0, 0.1) is 18.3 Å². The average Bonchev–Trinajstić information content (AvgIpc) is 3.21. The van der Waals surface area contributed by atoms with Crippen LogP contribution in [0.25, 0.3) is 11.3 Å². The number of rotatable bonds is 4. The van der Waals surface area contributed by atoms with Crippen molar-refractivity contribution in [3.05, 3.63) is 41.9 Å². The predicted octanol–water partition coefficient (Wildman–Crippen LogP) is 2.23. The lowest BCUT2D eigenvalue weighted by molar-refractivity contribution is -0.130. The van der Waals surface area contributed by atoms with Crippen molar-refractivity contribution in [3.8, 4) is 17.4 Å². The highest BCUT2D eigenvalue weighted by molar-refractivity contribution is 6.01. The number of alkyl halides is 1. The standard InChI is InChI=1S/C19H19FN4O3/c1-12-3-4-16(27-12)15-9-22-6-5-14(15)18(26)23-10-17(25)24-11-19(2,20)7-13(24)8-21/h3-6,9,13H,7,10-11H2,1-2H3,(H,23,26)/t13-,19?/m0/s1. The van der Waals surface area contributed by atoms with Gasteiger partial charge >= 0.3 is 0 Å². The van der Waals surface area contributed by atoms with Crippen LogP contribution in [0.2, 0.25) is 0 Å². The van der Waals surface area contributed by atoms with Gasteiger partial charge in [-0.25, -0.2) is 4.39 Å². The molecule has 1 aliphatic rings. The van der Waals surface area contributed by atoms with Gasteiger partial charge < -0.3 is 14.6 Å². The van der Waals surface area contributed by atoms with Gasteiger partial charge in [0.1, 0.15) is 23.2 Å². The summed E-state index contributed by atoms with van der Waals surface area (Å²) in [5.41, 5.74) is -0.793. The minimum Gasteiger partial charge on any atom is -0.461 e. The fraction of sp³-hybridized carbons (Fsp3) is 0.368. The van der Waals surface area contributed by atoms with Gasteiger partial charge in [0.2, 0.25) is 5.91 Å². The maximum Gasteiger partial charge on any atom is 0.252 e. The number of nitriles is 1. The van der Waals surface area contributed by atoms with E-state index in [9.17, 15) is 14.0 Å². The third-order valence-electron chi connectivity index (χ3n) is 4.44. The van der Waals surface area contributed by atoms with Crippen molar-refractivity contribution in [1.82, 2.24) is 15.2 Å². The molecule has 2 amide bonds. The summed E-state index contributed by atoms with van der Waals surface area (Å²) in [5, 5.41) is 11.7. The van der Waals surface area contributed by atoms with Gasteiger partial charge in [0, 0.05) is 24.4 Å². The van der Waals surface area contributed by atoms with Crippen LogP contribution in [0.1, 0.15) is 29.5 Å². The number of halogens is 1. The van der Waals surface area contributed by atoms with Crippen LogP contribution in [0.15, 0.2) is 35.0 Å². The SMILES string of the molecule is Cc1ccc(-c2cnccc2C(=O)NCC(=O)N2CC(C)(F)C[C@H]2C#N)o1. The molecular weight excluding hydrogens is 351 g/mol. The summed E-state index contributed by atoms with van der Waals surface area (Å²) in [6, 6.07) is 6.14. The summed E-state index contributed by atoms with van der Waals surface area (Å²) in [4.78, 5) is 30.1. The van der Waals surface area contributed by atoms with E-state index in [1.54, 1.807) is 19.1 Å². The van der Waals surface area contributed by atoms with Crippen LogP contribution in [0.4, 0.5) is 4.39 Å². The lowest BCUT2D eigenvalue weighted by atomic mass is 10.1. The van der Waals surface area contributed by atoms with E-state index in [1.165, 1.54) is 30.3 Å². The number of carbonyl (C=O) groups is 2. The van der Waals surface area contributed by atoms with Crippen LogP contribution >= 0.6 is 0 Å². The van der Waals surface area contributed by atoms with Crippen LogP contribution in [-0.4, -0.2) is 46.5 Å². The zero-order valence-corrected chi connectivity index (χ0v) is 15.0. The fourth-order valence-corrected chi connectivity index (χ4v) is 3.14. The second-order valence-electron chi connectivity index (χ2n) is 6.80. The first kappa shape index (κ1) is 18.6. The average molecular weight is 370 g/mol. The zero-order chi connectivity index (χ0) is 19.6. The molecule has 140 valence electrons. The van der Waals surface area contributed by atoms with E-state index in [0.717, 1.165) is 0 Å². The van der Waals surface area contributed by atoms with Crippen molar-refractivity contribution in [3.63, 3.8) is 0 Å². The number of aryl methyl sites for hydroxylation is 1. The van der Waals surface area contributed by atoms with Gasteiger partial charge in [-0.2, -0.15) is 5.26 Å². The van der Waals surface area contributed by atoms with Crippen molar-refractivity contribution in [2.75, 3.05) is 13.1 Å². The first-order valence-electron chi connectivity index (χ1n) is 8.48. The van der Waals surface area contributed by atoms with E-state index in [2.05, 4.69) is 10.3 Å². The Morgan fingerprint density at radius 2 is 2.26 bits per heavy atom. The Morgan fingerprint density at radius 1 is 1.48 bits per heavy atom. The van der Waals surface area contributed by atoms with E-state index in [1.807, 2.05) is 6.07 Å². The second kappa shape index (κ2) is 7.19. The van der Waals surface area contributed by atoms with Crippen molar-refractivity contribution in [1.29, 1.82) is 5.26 Å². The van der Waals surface area contributed by atoms with Crippen LogP contribution in [0.3, 0.4) is 0 Å². The molecule has 1 aliphatic heterocycles. The zero-order valence-electron chi connectivity index (χ0n) is 15.0. The molecule has 1 N–H and O–H groups in total. The van der Waals surface area contributed by atoms with Gasteiger partial charge in [-0.3, -0.25) is 14.6 Å². The third-order valence-corrected chi connectivity index (χ3v) is 4.44. The summed E-state index contributed by atoms with van der Waals surface area (Å²) < 4.78 is 19.7. The van der Waals surface area contributed by atoms with Crippen molar-refractivity contribution in [2.45, 2.75) is 32.0 Å². The molecule has 3 heterocycles. The summed E-state index contributed by atoms with van der Waals surface area (Å²) in [6.45, 7) is 2.66. The van der Waals surface area contributed by atoms with Crippen molar-refractivity contribution < 1.29 is 18.4 Å². The first-order valence-corrected chi connectivity index (χ1v) is 8.48. The van der Waals surface area contributed by atoms with Crippen molar-refractivity contribution >= 4 is 11.8 Å². The highest BCUT2D eigenvalue weighted by Gasteiger charge is 2.43. The van der Waals surface area contributed by atoms with Gasteiger partial charge in [-0.05, 0) is 32.0 Å². The molecule has 8 heteroatoms. The number of nitrogens with zero attached hydrogens (tertiary/aromatic N) is 3. The van der Waals surface area contributed by atoms with Crippen LogP contribution in [-0.2, 0) is 4.79 Å². The Balaban J connectivity index is 1.70. The molecule has 0 bridgehead atoms. The number of furan rings is 1. The molecule has 0 radical (unpaired) electrons. The molecule has 2 atom stereocenters. The minimum atomic E-state index is -1.60. The quantitative estimate of drug-likeness (QED) is 0.890. The lowest BCUT2D eigenvalue weighted by Gasteiger charge is -2.20. The molecule has 7 nitrogen and oxygen atoms in total. The molecule has 1 unspecified atom stereocenters. The van der Waals surface area contributed by atoms with Gasteiger partial charge in [0.15, 0.2) is 0 Å². The molecule has 1 saturated heterocycles. The molecule has 2 aromatic rings. The smallest absolute Gasteiger partial charge is 0.252 e. The molecule has 3 rings (SSSR count). The Hall–Kier alpha value is -3.21. The Kier molecular flexibility index (Phi) is 4.95. The van der Waals surface area contributed by atoms with Crippen LogP contribution < -0.4 is 5.32 Å². The molecule has 2 aromatic heterocycles. The third kappa shape index (κ3) is 3.97. The Bertz CT molecular complexity index is 916. The summed E-state index contributed by atoms with van der Waals surface area (Å²) in [7, 11) is 0. The number of hydrogen-bond donors (Lipinski definition) is 1. The molecule has 27 heavy (non-hydrogen) atoms. The highest BCUT2D eigenvalue weighted by Crippen LogP contribution is 2.30. The molecule has 1 fully saturated rings. The number of pyridine rings is 1. The van der Waals surface area contributed by atoms with Crippen LogP contribution in [0.5, 0.6) is 0 Å². The van der Waals surface area contributed by atoms with Gasteiger partial charge in [-0.1, -0.05) is 0 Å². The molecule has 0 aromatic carbocycles. The number of amides is 2. The molecule has 0 saturated carbocycles. The molecule has 0 aliphatic carbocycles. The molecule has 0 spiro atoms. The maximum absolute atomic E-state index is 14.1. The number of likely N-dealkylation sites (tertiary alicyclic amines) is 1. The summed E-state index contributed by atoms with van der Waals surface area (Å²) >= 11 is 0. The van der Waals surface area contributed by atoms with Crippen molar-refractivity contribution in [2.24, 2.45) is 0 Å². The second-order valence-corrected chi connectivity index (χ2v) is 6.80. The largest absolute Gasteiger partial charge is 0.461 e. The molecular formula is C19H19FN4O3. The summed E-state index contributed by atoms with van der Waals surface area (Å²) in [5.74, 6) is 0.210. The topological polar surface area (TPSA) is 99.2 Å².